The van der Waals surface area contributed by atoms with Gasteiger partial charge in [0.1, 0.15) is 22.7 Å². The van der Waals surface area contributed by atoms with E-state index in [9.17, 15) is 4.79 Å². The van der Waals surface area contributed by atoms with Crippen molar-refractivity contribution in [3.8, 4) is 11.5 Å². The lowest BCUT2D eigenvalue weighted by molar-refractivity contribution is 0.0510. The fourth-order valence-corrected chi connectivity index (χ4v) is 3.73. The van der Waals surface area contributed by atoms with Gasteiger partial charge in [-0.05, 0) is 70.1 Å². The minimum atomic E-state index is -0.0560. The van der Waals surface area contributed by atoms with Crippen LogP contribution in [0, 0.1) is 0 Å². The predicted octanol–water partition coefficient (Wildman–Crippen LogP) is 5.22. The van der Waals surface area contributed by atoms with Crippen LogP contribution < -0.4 is 14.9 Å². The van der Waals surface area contributed by atoms with Crippen LogP contribution in [0.25, 0.3) is 43.5 Å². The molecule has 1 aromatic heterocycles. The van der Waals surface area contributed by atoms with E-state index in [4.69, 9.17) is 23.4 Å². The molecule has 4 aromatic carbocycles. The van der Waals surface area contributed by atoms with Gasteiger partial charge in [0.2, 0.25) is 5.43 Å². The first-order chi connectivity index (χ1) is 15.2. The Kier molecular flexibility index (Phi) is 4.94. The van der Waals surface area contributed by atoms with Gasteiger partial charge in [-0.1, -0.05) is 12.1 Å². The quantitative estimate of drug-likeness (QED) is 0.279. The normalized spacial score (nSPS) is 11.5. The van der Waals surface area contributed by atoms with E-state index in [1.54, 1.807) is 14.2 Å². The lowest BCUT2D eigenvalue weighted by Crippen LogP contribution is -2.02. The number of hydrogen-bond donors (Lipinski definition) is 0. The van der Waals surface area contributed by atoms with Crippen LogP contribution in [-0.2, 0) is 9.47 Å². The summed E-state index contributed by atoms with van der Waals surface area (Å²) in [5.41, 5.74) is 1.000. The zero-order valence-corrected chi connectivity index (χ0v) is 17.1. The molecular formula is C25H20O6. The van der Waals surface area contributed by atoms with E-state index in [-0.39, 0.29) is 19.0 Å². The first kappa shape index (κ1) is 19.4. The molecule has 5 aromatic rings. The fraction of sp³-hybridized carbons (Fsp3) is 0.160. The van der Waals surface area contributed by atoms with Crippen molar-refractivity contribution in [3.05, 3.63) is 70.9 Å². The third-order valence-electron chi connectivity index (χ3n) is 5.22. The minimum absolute atomic E-state index is 0.0560. The highest BCUT2D eigenvalue weighted by molar-refractivity contribution is 6.03. The molecule has 6 nitrogen and oxygen atoms in total. The van der Waals surface area contributed by atoms with Gasteiger partial charge >= 0.3 is 0 Å². The first-order valence-electron chi connectivity index (χ1n) is 9.78. The molecule has 0 radical (unpaired) electrons. The molecule has 0 aliphatic heterocycles. The Bertz CT molecular complexity index is 1380. The molecule has 6 heteroatoms. The molecule has 0 N–H and O–H groups in total. The topological polar surface area (TPSA) is 67.1 Å². The second-order valence-electron chi connectivity index (χ2n) is 7.25. The summed E-state index contributed by atoms with van der Waals surface area (Å²) in [5.74, 6) is 1.37. The number of methoxy groups -OCH3 is 2. The average Bonchev–Trinajstić information content (AvgIpc) is 2.79. The summed E-state index contributed by atoms with van der Waals surface area (Å²) in [5, 5.41) is 4.79. The summed E-state index contributed by atoms with van der Waals surface area (Å²) < 4.78 is 27.1. The molecule has 0 aliphatic carbocycles. The molecule has 0 atom stereocenters. The molecule has 0 saturated carbocycles. The number of rotatable bonds is 6. The Morgan fingerprint density at radius 1 is 0.645 bits per heavy atom. The number of ether oxygens (including phenoxy) is 4. The monoisotopic (exact) mass is 416 g/mol. The molecule has 0 amide bonds. The molecule has 156 valence electrons. The smallest absolute Gasteiger partial charge is 0.200 e. The summed E-state index contributed by atoms with van der Waals surface area (Å²) in [6.45, 7) is 0.337. The SMILES string of the molecule is COCOc1ccc2cc3c(=O)c4cc5ccc(OCOC)cc5cc4oc3cc2c1. The van der Waals surface area contributed by atoms with Crippen molar-refractivity contribution in [1.82, 2.24) is 0 Å². The Hall–Kier alpha value is -3.61. The van der Waals surface area contributed by atoms with Crippen LogP contribution in [-0.4, -0.2) is 27.8 Å². The van der Waals surface area contributed by atoms with Crippen molar-refractivity contribution in [1.29, 1.82) is 0 Å². The lowest BCUT2D eigenvalue weighted by atomic mass is 10.0. The maximum atomic E-state index is 13.2. The van der Waals surface area contributed by atoms with Crippen molar-refractivity contribution in [2.75, 3.05) is 27.8 Å². The molecule has 0 bridgehead atoms. The second kappa shape index (κ2) is 7.91. The summed E-state index contributed by atoms with van der Waals surface area (Å²) >= 11 is 0. The van der Waals surface area contributed by atoms with Gasteiger partial charge in [-0.15, -0.1) is 0 Å². The molecular weight excluding hydrogens is 396 g/mol. The van der Waals surface area contributed by atoms with Gasteiger partial charge in [-0.3, -0.25) is 4.79 Å². The zero-order valence-electron chi connectivity index (χ0n) is 17.1. The van der Waals surface area contributed by atoms with Crippen molar-refractivity contribution in [3.63, 3.8) is 0 Å². The Balaban J connectivity index is 1.69. The van der Waals surface area contributed by atoms with Crippen LogP contribution in [0.15, 0.2) is 69.9 Å². The van der Waals surface area contributed by atoms with Gasteiger partial charge < -0.3 is 23.4 Å². The van der Waals surface area contributed by atoms with Crippen LogP contribution in [0.1, 0.15) is 0 Å². The standard InChI is InChI=1S/C25H20O6/c1-27-13-29-19-5-3-15-9-21-23(11-17(15)7-19)31-24-12-18-8-20(30-14-28-2)6-4-16(18)10-22(24)25(21)26/h3-12H,13-14H2,1-2H3. The minimum Gasteiger partial charge on any atom is -0.468 e. The average molecular weight is 416 g/mol. The van der Waals surface area contributed by atoms with Gasteiger partial charge in [0.05, 0.1) is 10.8 Å². The lowest BCUT2D eigenvalue weighted by Gasteiger charge is -2.09. The highest BCUT2D eigenvalue weighted by Crippen LogP contribution is 2.30. The molecule has 1 heterocycles. The van der Waals surface area contributed by atoms with E-state index >= 15 is 0 Å². The molecule has 0 aliphatic rings. The van der Waals surface area contributed by atoms with Crippen LogP contribution in [0.4, 0.5) is 0 Å². The molecule has 5 rings (SSSR count). The van der Waals surface area contributed by atoms with Crippen LogP contribution in [0.3, 0.4) is 0 Å². The predicted molar refractivity (Wildman–Crippen MR) is 120 cm³/mol. The maximum Gasteiger partial charge on any atom is 0.200 e. The highest BCUT2D eigenvalue weighted by atomic mass is 16.7. The summed E-state index contributed by atoms with van der Waals surface area (Å²) in [6.07, 6.45) is 0. The zero-order chi connectivity index (χ0) is 21.4. The molecule has 0 fully saturated rings. The highest BCUT2D eigenvalue weighted by Gasteiger charge is 2.11. The largest absolute Gasteiger partial charge is 0.468 e. The van der Waals surface area contributed by atoms with Gasteiger partial charge in [0, 0.05) is 14.2 Å². The molecule has 0 saturated heterocycles. The third-order valence-corrected chi connectivity index (χ3v) is 5.22. The van der Waals surface area contributed by atoms with Crippen molar-refractivity contribution in [2.45, 2.75) is 0 Å². The van der Waals surface area contributed by atoms with E-state index in [1.807, 2.05) is 60.7 Å². The molecule has 31 heavy (non-hydrogen) atoms. The van der Waals surface area contributed by atoms with Gasteiger partial charge in [0.25, 0.3) is 0 Å². The van der Waals surface area contributed by atoms with Crippen LogP contribution >= 0.6 is 0 Å². The summed E-state index contributed by atoms with van der Waals surface area (Å²) in [6, 6.07) is 18.8. The van der Waals surface area contributed by atoms with Crippen molar-refractivity contribution in [2.24, 2.45) is 0 Å². The Morgan fingerprint density at radius 2 is 1.13 bits per heavy atom. The number of benzene rings is 4. The maximum absolute atomic E-state index is 13.2. The second-order valence-corrected chi connectivity index (χ2v) is 7.25. The molecule has 0 spiro atoms. The van der Waals surface area contributed by atoms with Gasteiger partial charge in [-0.2, -0.15) is 0 Å². The summed E-state index contributed by atoms with van der Waals surface area (Å²) in [4.78, 5) is 13.2. The summed E-state index contributed by atoms with van der Waals surface area (Å²) in [7, 11) is 3.15. The van der Waals surface area contributed by atoms with Crippen molar-refractivity contribution < 1.29 is 23.4 Å². The van der Waals surface area contributed by atoms with Crippen LogP contribution in [0.2, 0.25) is 0 Å². The van der Waals surface area contributed by atoms with Crippen LogP contribution in [0.5, 0.6) is 11.5 Å². The number of fused-ring (bicyclic) bond motifs is 4. The van der Waals surface area contributed by atoms with Gasteiger partial charge in [0.15, 0.2) is 13.6 Å². The number of hydrogen-bond acceptors (Lipinski definition) is 6. The molecule has 0 unspecified atom stereocenters. The Morgan fingerprint density at radius 3 is 1.58 bits per heavy atom. The first-order valence-corrected chi connectivity index (χ1v) is 9.78. The fourth-order valence-electron chi connectivity index (χ4n) is 3.73. The van der Waals surface area contributed by atoms with E-state index in [0.717, 1.165) is 21.5 Å². The van der Waals surface area contributed by atoms with Crippen molar-refractivity contribution >= 4 is 43.5 Å². The van der Waals surface area contributed by atoms with Gasteiger partial charge in [-0.25, -0.2) is 0 Å². The van der Waals surface area contributed by atoms with E-state index in [2.05, 4.69) is 0 Å². The van der Waals surface area contributed by atoms with E-state index in [1.165, 1.54) is 0 Å². The third kappa shape index (κ3) is 3.56. The van der Waals surface area contributed by atoms with E-state index < -0.39 is 0 Å². The Labute approximate surface area is 177 Å². The van der Waals surface area contributed by atoms with E-state index in [0.29, 0.717) is 33.4 Å².